The summed E-state index contributed by atoms with van der Waals surface area (Å²) in [6.45, 7) is 2.62. The van der Waals surface area contributed by atoms with Gasteiger partial charge >= 0.3 is 0 Å². The number of hydrogen-bond donors (Lipinski definition) is 3. The summed E-state index contributed by atoms with van der Waals surface area (Å²) in [7, 11) is 1.59. The Bertz CT molecular complexity index is 1260. The van der Waals surface area contributed by atoms with Gasteiger partial charge in [-0.15, -0.1) is 0 Å². The Hall–Kier alpha value is -3.97. The third kappa shape index (κ3) is 7.57. The highest BCUT2D eigenvalue weighted by Crippen LogP contribution is 2.33. The molecule has 1 saturated carbocycles. The number of aryl methyl sites for hydroxylation is 1. The number of nitrogens with one attached hydrogen (secondary N) is 3. The van der Waals surface area contributed by atoms with Gasteiger partial charge in [0.2, 0.25) is 17.7 Å². The van der Waals surface area contributed by atoms with Crippen molar-refractivity contribution in [3.63, 3.8) is 0 Å². The molecule has 9 nitrogen and oxygen atoms in total. The van der Waals surface area contributed by atoms with Gasteiger partial charge in [0.05, 0.1) is 17.7 Å². The maximum Gasteiger partial charge on any atom is 0.243 e. The summed E-state index contributed by atoms with van der Waals surface area (Å²) in [6.07, 6.45) is 3.19. The van der Waals surface area contributed by atoms with E-state index >= 15 is 0 Å². The second-order valence-corrected chi connectivity index (χ2v) is 10.5. The van der Waals surface area contributed by atoms with Crippen LogP contribution in [0.25, 0.3) is 0 Å². The zero-order valence-corrected chi connectivity index (χ0v) is 22.9. The summed E-state index contributed by atoms with van der Waals surface area (Å²) in [4.78, 5) is 41.3. The molecule has 1 fully saturated rings. The number of nitriles is 1. The van der Waals surface area contributed by atoms with Crippen molar-refractivity contribution in [1.82, 2.24) is 20.9 Å². The third-order valence-electron chi connectivity index (χ3n) is 7.50. The summed E-state index contributed by atoms with van der Waals surface area (Å²) in [5, 5.41) is 18.1. The first kappa shape index (κ1) is 29.0. The minimum atomic E-state index is -0.882. The van der Waals surface area contributed by atoms with E-state index in [0.717, 1.165) is 24.0 Å². The van der Waals surface area contributed by atoms with E-state index < -0.39 is 29.8 Å². The normalized spacial score (nSPS) is 23.5. The molecular formula is C30H36FN5O4. The van der Waals surface area contributed by atoms with E-state index in [9.17, 15) is 18.8 Å². The Morgan fingerprint density at radius 2 is 1.82 bits per heavy atom. The molecule has 1 aliphatic carbocycles. The Balaban J connectivity index is 1.55. The molecule has 3 atom stereocenters. The third-order valence-corrected chi connectivity index (χ3v) is 7.50. The highest BCUT2D eigenvalue weighted by molar-refractivity contribution is 5.93. The zero-order chi connectivity index (χ0) is 28.6. The van der Waals surface area contributed by atoms with Crippen LogP contribution in [-0.2, 0) is 27.2 Å². The molecule has 1 heterocycles. The number of hydrogen-bond acceptors (Lipinski definition) is 6. The van der Waals surface area contributed by atoms with Crippen LogP contribution in [0.15, 0.2) is 42.5 Å². The molecule has 212 valence electrons. The van der Waals surface area contributed by atoms with Gasteiger partial charge in [0.15, 0.2) is 0 Å². The average molecular weight is 550 g/mol. The van der Waals surface area contributed by atoms with Gasteiger partial charge < -0.3 is 25.6 Å². The fraction of sp³-hybridized carbons (Fsp3) is 0.467. The number of benzene rings is 2. The molecule has 3 N–H and O–H groups in total. The Morgan fingerprint density at radius 1 is 1.07 bits per heavy atom. The number of carbonyl (C=O) groups excluding carboxylic acids is 3. The Kier molecular flexibility index (Phi) is 9.72. The van der Waals surface area contributed by atoms with Crippen molar-refractivity contribution in [2.45, 2.75) is 57.2 Å². The van der Waals surface area contributed by atoms with E-state index in [1.165, 1.54) is 17.0 Å². The number of rotatable bonds is 3. The van der Waals surface area contributed by atoms with Crippen LogP contribution < -0.4 is 20.7 Å². The molecule has 2 aromatic rings. The fourth-order valence-electron chi connectivity index (χ4n) is 4.78. The van der Waals surface area contributed by atoms with Gasteiger partial charge in [-0.05, 0) is 67.9 Å². The largest absolute Gasteiger partial charge is 0.492 e. The zero-order valence-electron chi connectivity index (χ0n) is 22.9. The molecule has 3 amide bonds. The van der Waals surface area contributed by atoms with Gasteiger partial charge in [0.1, 0.15) is 30.3 Å². The SMILES string of the molecule is C[C@@H]1C(=O)N[C@H](Cc2ccc(C#N)cc2)C(=O)NCCCc2ccc(F)cc2OCCN[C@@H](C2CC2)C(=O)N1C. The molecule has 0 aromatic heterocycles. The van der Waals surface area contributed by atoms with E-state index in [-0.39, 0.29) is 30.8 Å². The van der Waals surface area contributed by atoms with Gasteiger partial charge in [-0.25, -0.2) is 4.39 Å². The van der Waals surface area contributed by atoms with Crippen molar-refractivity contribution in [3.8, 4) is 11.8 Å². The topological polar surface area (TPSA) is 124 Å². The molecule has 0 unspecified atom stereocenters. The standard InChI is InChI=1S/C30H36FN5O4/c1-19-28(37)35-25(16-20-5-7-21(18-32)8-6-20)29(38)34-13-3-4-22-11-12-24(31)17-26(22)40-15-14-33-27(23-9-10-23)30(39)36(19)2/h5-8,11-12,17,19,23,25,27,33H,3-4,9-10,13-16H2,1-2H3,(H,34,38)(H,35,37)/t19-,25-,27+/m1/s1. The predicted octanol–water partition coefficient (Wildman–Crippen LogP) is 2.08. The summed E-state index contributed by atoms with van der Waals surface area (Å²) in [5.41, 5.74) is 2.10. The Morgan fingerprint density at radius 3 is 2.52 bits per heavy atom. The van der Waals surface area contributed by atoms with Gasteiger partial charge in [-0.3, -0.25) is 14.4 Å². The van der Waals surface area contributed by atoms with Crippen molar-refractivity contribution in [3.05, 3.63) is 65.0 Å². The number of nitrogens with zero attached hydrogens (tertiary/aromatic N) is 2. The van der Waals surface area contributed by atoms with Crippen LogP contribution in [0.2, 0.25) is 0 Å². The predicted molar refractivity (Wildman–Crippen MR) is 147 cm³/mol. The number of likely N-dealkylation sites (N-methyl/N-ethyl adjacent to an activating group) is 1. The van der Waals surface area contributed by atoms with E-state index in [4.69, 9.17) is 10.00 Å². The van der Waals surface area contributed by atoms with Gasteiger partial charge in [-0.1, -0.05) is 18.2 Å². The van der Waals surface area contributed by atoms with Crippen LogP contribution in [0.1, 0.15) is 42.9 Å². The first-order chi connectivity index (χ1) is 19.3. The second kappa shape index (κ2) is 13.4. The molecular weight excluding hydrogens is 513 g/mol. The number of halogens is 1. The van der Waals surface area contributed by atoms with Crippen molar-refractivity contribution in [2.75, 3.05) is 26.7 Å². The lowest BCUT2D eigenvalue weighted by Crippen LogP contribution is -2.56. The quantitative estimate of drug-likeness (QED) is 0.539. The molecule has 40 heavy (non-hydrogen) atoms. The maximum absolute atomic E-state index is 14.0. The van der Waals surface area contributed by atoms with Crippen molar-refractivity contribution < 1.29 is 23.5 Å². The second-order valence-electron chi connectivity index (χ2n) is 10.5. The number of ether oxygens (including phenoxy) is 1. The van der Waals surface area contributed by atoms with E-state index in [2.05, 4.69) is 22.0 Å². The monoisotopic (exact) mass is 549 g/mol. The van der Waals surface area contributed by atoms with Crippen LogP contribution in [0.3, 0.4) is 0 Å². The lowest BCUT2D eigenvalue weighted by atomic mass is 10.0. The van der Waals surface area contributed by atoms with Crippen molar-refractivity contribution in [2.24, 2.45) is 5.92 Å². The van der Waals surface area contributed by atoms with Crippen molar-refractivity contribution in [1.29, 1.82) is 5.26 Å². The lowest BCUT2D eigenvalue weighted by molar-refractivity contribution is -0.141. The van der Waals surface area contributed by atoms with Gasteiger partial charge in [0.25, 0.3) is 0 Å². The molecule has 1 aliphatic heterocycles. The summed E-state index contributed by atoms with van der Waals surface area (Å²) < 4.78 is 19.8. The van der Waals surface area contributed by atoms with Crippen LogP contribution in [0, 0.1) is 23.1 Å². The first-order valence-electron chi connectivity index (χ1n) is 13.7. The molecule has 2 aliphatic rings. The van der Waals surface area contributed by atoms with E-state index in [1.54, 1.807) is 44.3 Å². The minimum absolute atomic E-state index is 0.176. The molecule has 0 spiro atoms. The van der Waals surface area contributed by atoms with E-state index in [0.29, 0.717) is 37.2 Å². The highest BCUT2D eigenvalue weighted by atomic mass is 19.1. The molecule has 2 aromatic carbocycles. The first-order valence-corrected chi connectivity index (χ1v) is 13.7. The lowest BCUT2D eigenvalue weighted by Gasteiger charge is -2.30. The summed E-state index contributed by atoms with van der Waals surface area (Å²) >= 11 is 0. The van der Waals surface area contributed by atoms with E-state index in [1.807, 2.05) is 0 Å². The maximum atomic E-state index is 14.0. The summed E-state index contributed by atoms with van der Waals surface area (Å²) in [5.74, 6) is -0.764. The summed E-state index contributed by atoms with van der Waals surface area (Å²) in [6, 6.07) is 11.2. The van der Waals surface area contributed by atoms with Crippen LogP contribution in [0.4, 0.5) is 4.39 Å². The van der Waals surface area contributed by atoms with Gasteiger partial charge in [0, 0.05) is 32.6 Å². The molecule has 0 bridgehead atoms. The minimum Gasteiger partial charge on any atom is -0.492 e. The van der Waals surface area contributed by atoms with Gasteiger partial charge in [-0.2, -0.15) is 5.26 Å². The molecule has 0 saturated heterocycles. The van der Waals surface area contributed by atoms with Crippen LogP contribution in [0.5, 0.6) is 5.75 Å². The number of amides is 3. The Labute approximate surface area is 234 Å². The van der Waals surface area contributed by atoms with Crippen molar-refractivity contribution >= 4 is 17.7 Å². The molecule has 0 radical (unpaired) electrons. The van der Waals surface area contributed by atoms with Crippen LogP contribution >= 0.6 is 0 Å². The number of carbonyl (C=O) groups is 3. The average Bonchev–Trinajstić information content (AvgIpc) is 3.79. The molecule has 10 heteroatoms. The smallest absolute Gasteiger partial charge is 0.243 e. The van der Waals surface area contributed by atoms with Crippen LogP contribution in [-0.4, -0.2) is 67.5 Å². The highest BCUT2D eigenvalue weighted by Gasteiger charge is 2.39. The number of fused-ring (bicyclic) bond motifs is 1. The fourth-order valence-corrected chi connectivity index (χ4v) is 4.78. The molecule has 4 rings (SSSR count).